The van der Waals surface area contributed by atoms with Crippen molar-refractivity contribution in [1.82, 2.24) is 15.5 Å². The van der Waals surface area contributed by atoms with Gasteiger partial charge in [0.25, 0.3) is 0 Å². The number of benzene rings is 1. The zero-order chi connectivity index (χ0) is 13.7. The van der Waals surface area contributed by atoms with Crippen LogP contribution in [0.25, 0.3) is 11.3 Å². The van der Waals surface area contributed by atoms with E-state index in [-0.39, 0.29) is 6.10 Å². The van der Waals surface area contributed by atoms with Crippen LogP contribution in [0.3, 0.4) is 0 Å². The summed E-state index contributed by atoms with van der Waals surface area (Å²) in [6.07, 6.45) is 1.19. The third kappa shape index (κ3) is 3.35. The van der Waals surface area contributed by atoms with E-state index < -0.39 is 0 Å². The number of ether oxygens (including phenoxy) is 1. The van der Waals surface area contributed by atoms with E-state index in [0.717, 1.165) is 35.7 Å². The van der Waals surface area contributed by atoms with E-state index >= 15 is 0 Å². The average Bonchev–Trinajstić information content (AvgIpc) is 2.88. The first-order valence-corrected chi connectivity index (χ1v) is 6.69. The van der Waals surface area contributed by atoms with Crippen LogP contribution in [-0.4, -0.2) is 23.3 Å². The number of para-hydroxylation sites is 1. The molecule has 0 amide bonds. The molecule has 102 valence electrons. The Morgan fingerprint density at radius 3 is 2.89 bits per heavy atom. The molecule has 0 fully saturated rings. The summed E-state index contributed by atoms with van der Waals surface area (Å²) in [5.74, 6) is 0.888. The molecule has 2 aromatic rings. The fraction of sp³-hybridized carbons (Fsp3) is 0.400. The minimum atomic E-state index is 0.205. The highest BCUT2D eigenvalue weighted by Gasteiger charge is 2.11. The molecule has 2 rings (SSSR count). The summed E-state index contributed by atoms with van der Waals surface area (Å²) in [7, 11) is 1.92. The molecule has 1 unspecified atom stereocenters. The first kappa shape index (κ1) is 13.6. The maximum absolute atomic E-state index is 5.95. The van der Waals surface area contributed by atoms with E-state index in [2.05, 4.69) is 35.4 Å². The lowest BCUT2D eigenvalue weighted by Crippen LogP contribution is -2.10. The standard InChI is InChI=1S/C15H21N3O/c1-4-11(2)19-15-8-6-5-7-13(15)14-9-12(10-16-3)17-18-14/h5-9,11,16H,4,10H2,1-3H3,(H,17,18). The predicted octanol–water partition coefficient (Wildman–Crippen LogP) is 2.97. The van der Waals surface area contributed by atoms with Crippen LogP contribution in [0.5, 0.6) is 5.75 Å². The molecule has 1 heterocycles. The number of rotatable bonds is 6. The highest BCUT2D eigenvalue weighted by Crippen LogP contribution is 2.29. The summed E-state index contributed by atoms with van der Waals surface area (Å²) in [4.78, 5) is 0. The van der Waals surface area contributed by atoms with Crippen LogP contribution >= 0.6 is 0 Å². The van der Waals surface area contributed by atoms with E-state index in [1.54, 1.807) is 0 Å². The van der Waals surface area contributed by atoms with Crippen LogP contribution in [0.15, 0.2) is 30.3 Å². The van der Waals surface area contributed by atoms with Crippen molar-refractivity contribution in [1.29, 1.82) is 0 Å². The molecule has 0 saturated heterocycles. The van der Waals surface area contributed by atoms with Crippen molar-refractivity contribution in [2.24, 2.45) is 0 Å². The molecular formula is C15H21N3O. The molecule has 0 saturated carbocycles. The molecule has 0 aliphatic heterocycles. The van der Waals surface area contributed by atoms with E-state index in [9.17, 15) is 0 Å². The Morgan fingerprint density at radius 2 is 2.16 bits per heavy atom. The lowest BCUT2D eigenvalue weighted by molar-refractivity contribution is 0.218. The number of aromatic amines is 1. The Hall–Kier alpha value is -1.81. The van der Waals surface area contributed by atoms with Gasteiger partial charge in [-0.3, -0.25) is 5.10 Å². The molecule has 19 heavy (non-hydrogen) atoms. The van der Waals surface area contributed by atoms with Gasteiger partial charge in [-0.05, 0) is 38.6 Å². The Balaban J connectivity index is 2.27. The van der Waals surface area contributed by atoms with Crippen LogP contribution in [0.2, 0.25) is 0 Å². The van der Waals surface area contributed by atoms with Crippen molar-refractivity contribution in [3.63, 3.8) is 0 Å². The van der Waals surface area contributed by atoms with Gasteiger partial charge in [-0.15, -0.1) is 0 Å². The van der Waals surface area contributed by atoms with Crippen LogP contribution in [0.1, 0.15) is 26.0 Å². The summed E-state index contributed by atoms with van der Waals surface area (Å²) in [6.45, 7) is 4.97. The Bertz CT molecular complexity index is 522. The topological polar surface area (TPSA) is 49.9 Å². The molecule has 1 aromatic heterocycles. The number of aromatic nitrogens is 2. The second-order valence-corrected chi connectivity index (χ2v) is 4.64. The number of nitrogens with one attached hydrogen (secondary N) is 2. The SMILES string of the molecule is CCC(C)Oc1ccccc1-c1cc(CNC)[nH]n1. The molecule has 0 radical (unpaired) electrons. The molecule has 0 spiro atoms. The first-order chi connectivity index (χ1) is 9.24. The zero-order valence-corrected chi connectivity index (χ0v) is 11.7. The molecule has 2 N–H and O–H groups in total. The second-order valence-electron chi connectivity index (χ2n) is 4.64. The molecule has 1 atom stereocenters. The molecular weight excluding hydrogens is 238 g/mol. The zero-order valence-electron chi connectivity index (χ0n) is 11.7. The van der Waals surface area contributed by atoms with Gasteiger partial charge in [-0.2, -0.15) is 5.10 Å². The van der Waals surface area contributed by atoms with Gasteiger partial charge in [0.2, 0.25) is 0 Å². The first-order valence-electron chi connectivity index (χ1n) is 6.69. The Morgan fingerprint density at radius 1 is 1.37 bits per heavy atom. The van der Waals surface area contributed by atoms with Gasteiger partial charge in [0.1, 0.15) is 5.75 Å². The van der Waals surface area contributed by atoms with Crippen LogP contribution in [0.4, 0.5) is 0 Å². The van der Waals surface area contributed by atoms with E-state index in [1.807, 2.05) is 31.3 Å². The van der Waals surface area contributed by atoms with Crippen LogP contribution < -0.4 is 10.1 Å². The summed E-state index contributed by atoms with van der Waals surface area (Å²) in [5.41, 5.74) is 3.02. The summed E-state index contributed by atoms with van der Waals surface area (Å²) in [5, 5.41) is 10.5. The number of hydrogen-bond donors (Lipinski definition) is 2. The molecule has 0 aliphatic carbocycles. The van der Waals surface area contributed by atoms with E-state index in [4.69, 9.17) is 4.74 Å². The van der Waals surface area contributed by atoms with Crippen LogP contribution in [0, 0.1) is 0 Å². The van der Waals surface area contributed by atoms with Crippen molar-refractivity contribution >= 4 is 0 Å². The highest BCUT2D eigenvalue weighted by molar-refractivity contribution is 5.67. The molecule has 0 bridgehead atoms. The second kappa shape index (κ2) is 6.38. The fourth-order valence-electron chi connectivity index (χ4n) is 1.86. The van der Waals surface area contributed by atoms with Crippen molar-refractivity contribution in [2.75, 3.05) is 7.05 Å². The van der Waals surface area contributed by atoms with Gasteiger partial charge < -0.3 is 10.1 Å². The van der Waals surface area contributed by atoms with Gasteiger partial charge in [0.05, 0.1) is 11.8 Å². The van der Waals surface area contributed by atoms with Gasteiger partial charge in [0, 0.05) is 17.8 Å². The minimum Gasteiger partial charge on any atom is -0.490 e. The number of nitrogens with zero attached hydrogens (tertiary/aromatic N) is 1. The monoisotopic (exact) mass is 259 g/mol. The molecule has 1 aromatic carbocycles. The van der Waals surface area contributed by atoms with Crippen molar-refractivity contribution in [3.05, 3.63) is 36.0 Å². The maximum Gasteiger partial charge on any atom is 0.129 e. The summed E-state index contributed by atoms with van der Waals surface area (Å²) >= 11 is 0. The quantitative estimate of drug-likeness (QED) is 0.838. The lowest BCUT2D eigenvalue weighted by Gasteiger charge is -2.15. The highest BCUT2D eigenvalue weighted by atomic mass is 16.5. The molecule has 0 aliphatic rings. The molecule has 4 nitrogen and oxygen atoms in total. The lowest BCUT2D eigenvalue weighted by atomic mass is 10.1. The Labute approximate surface area is 114 Å². The van der Waals surface area contributed by atoms with Gasteiger partial charge >= 0.3 is 0 Å². The molecule has 4 heteroatoms. The van der Waals surface area contributed by atoms with Gasteiger partial charge in [-0.25, -0.2) is 0 Å². The minimum absolute atomic E-state index is 0.205. The maximum atomic E-state index is 5.95. The number of hydrogen-bond acceptors (Lipinski definition) is 3. The van der Waals surface area contributed by atoms with Gasteiger partial charge in [0.15, 0.2) is 0 Å². The predicted molar refractivity (Wildman–Crippen MR) is 77.2 cm³/mol. The van der Waals surface area contributed by atoms with Gasteiger partial charge in [-0.1, -0.05) is 19.1 Å². The average molecular weight is 259 g/mol. The van der Waals surface area contributed by atoms with E-state index in [0.29, 0.717) is 0 Å². The third-order valence-corrected chi connectivity index (χ3v) is 3.06. The van der Waals surface area contributed by atoms with Crippen molar-refractivity contribution in [2.45, 2.75) is 32.9 Å². The van der Waals surface area contributed by atoms with E-state index in [1.165, 1.54) is 0 Å². The number of H-pyrrole nitrogens is 1. The van der Waals surface area contributed by atoms with Crippen molar-refractivity contribution < 1.29 is 4.74 Å². The van der Waals surface area contributed by atoms with Crippen LogP contribution in [-0.2, 0) is 6.54 Å². The Kier molecular flexibility index (Phi) is 4.58. The summed E-state index contributed by atoms with van der Waals surface area (Å²) in [6, 6.07) is 10.1. The third-order valence-electron chi connectivity index (χ3n) is 3.06. The van der Waals surface area contributed by atoms with Crippen molar-refractivity contribution in [3.8, 4) is 17.0 Å². The summed E-state index contributed by atoms with van der Waals surface area (Å²) < 4.78 is 5.95. The normalized spacial score (nSPS) is 12.4. The fourth-order valence-corrected chi connectivity index (χ4v) is 1.86. The smallest absolute Gasteiger partial charge is 0.129 e. The largest absolute Gasteiger partial charge is 0.490 e.